The van der Waals surface area contributed by atoms with Crippen LogP contribution in [0, 0.1) is 12.8 Å². The van der Waals surface area contributed by atoms with E-state index in [2.05, 4.69) is 45.1 Å². The molecule has 0 amide bonds. The van der Waals surface area contributed by atoms with E-state index < -0.39 is 0 Å². The van der Waals surface area contributed by atoms with Crippen molar-refractivity contribution in [3.63, 3.8) is 0 Å². The monoisotopic (exact) mass is 225 g/mol. The third kappa shape index (κ3) is 3.22. The van der Waals surface area contributed by atoms with Gasteiger partial charge in [0.25, 0.3) is 0 Å². The summed E-state index contributed by atoms with van der Waals surface area (Å²) in [7, 11) is 0. The van der Waals surface area contributed by atoms with Crippen molar-refractivity contribution in [2.24, 2.45) is 5.92 Å². The van der Waals surface area contributed by atoms with Crippen LogP contribution < -0.4 is 5.32 Å². The average Bonchev–Trinajstić information content (AvgIpc) is 2.18. The molecule has 1 aromatic rings. The molecule has 84 valence electrons. The largest absolute Gasteiger partial charge is 0.310 e. The predicted molar refractivity (Wildman–Crippen MR) is 67.4 cm³/mol. The molecule has 1 aromatic carbocycles. The van der Waals surface area contributed by atoms with Gasteiger partial charge in [0.2, 0.25) is 0 Å². The van der Waals surface area contributed by atoms with Crippen LogP contribution in [0.15, 0.2) is 18.2 Å². The molecule has 0 aliphatic rings. The Morgan fingerprint density at radius 2 is 2.00 bits per heavy atom. The minimum absolute atomic E-state index is 0.397. The first kappa shape index (κ1) is 12.5. The molecule has 0 spiro atoms. The lowest BCUT2D eigenvalue weighted by Crippen LogP contribution is -2.26. The van der Waals surface area contributed by atoms with Gasteiger partial charge in [-0.25, -0.2) is 0 Å². The van der Waals surface area contributed by atoms with Gasteiger partial charge in [0, 0.05) is 11.1 Å². The molecule has 0 aliphatic carbocycles. The normalized spacial score (nSPS) is 13.2. The first-order valence-corrected chi connectivity index (χ1v) is 5.93. The number of hydrogen-bond donors (Lipinski definition) is 1. The quantitative estimate of drug-likeness (QED) is 0.818. The van der Waals surface area contributed by atoms with Crippen LogP contribution in [-0.4, -0.2) is 6.54 Å². The van der Waals surface area contributed by atoms with Gasteiger partial charge in [-0.15, -0.1) is 0 Å². The standard InChI is InChI=1S/C13H20ClN/c1-5-15-13(9(2)3)12-8-11(14)7-6-10(12)4/h6-9,13,15H,5H2,1-4H3. The molecule has 0 aromatic heterocycles. The van der Waals surface area contributed by atoms with E-state index in [1.54, 1.807) is 0 Å². The van der Waals surface area contributed by atoms with Crippen LogP contribution in [0.4, 0.5) is 0 Å². The summed E-state index contributed by atoms with van der Waals surface area (Å²) in [4.78, 5) is 0. The molecule has 1 atom stereocenters. The minimum Gasteiger partial charge on any atom is -0.310 e. The maximum absolute atomic E-state index is 6.04. The maximum atomic E-state index is 6.04. The molecule has 0 radical (unpaired) electrons. The van der Waals surface area contributed by atoms with Gasteiger partial charge >= 0.3 is 0 Å². The highest BCUT2D eigenvalue weighted by molar-refractivity contribution is 6.30. The van der Waals surface area contributed by atoms with Crippen LogP contribution in [0.1, 0.15) is 37.9 Å². The Hall–Kier alpha value is -0.530. The zero-order chi connectivity index (χ0) is 11.4. The van der Waals surface area contributed by atoms with Crippen molar-refractivity contribution < 1.29 is 0 Å². The molecule has 1 nitrogen and oxygen atoms in total. The molecule has 0 saturated carbocycles. The number of nitrogens with one attached hydrogen (secondary N) is 1. The predicted octanol–water partition coefficient (Wildman–Crippen LogP) is 3.96. The highest BCUT2D eigenvalue weighted by Crippen LogP contribution is 2.27. The Morgan fingerprint density at radius 1 is 1.33 bits per heavy atom. The maximum Gasteiger partial charge on any atom is 0.0409 e. The molecule has 0 fully saturated rings. The van der Waals surface area contributed by atoms with Crippen LogP contribution in [0.3, 0.4) is 0 Å². The van der Waals surface area contributed by atoms with Crippen LogP contribution in [0.25, 0.3) is 0 Å². The number of rotatable bonds is 4. The van der Waals surface area contributed by atoms with E-state index in [9.17, 15) is 0 Å². The summed E-state index contributed by atoms with van der Waals surface area (Å²) in [5, 5.41) is 4.33. The van der Waals surface area contributed by atoms with Crippen molar-refractivity contribution >= 4 is 11.6 Å². The molecule has 0 aliphatic heterocycles. The summed E-state index contributed by atoms with van der Waals surface area (Å²) in [5.74, 6) is 0.571. The fourth-order valence-corrected chi connectivity index (χ4v) is 2.05. The molecule has 0 saturated heterocycles. The lowest BCUT2D eigenvalue weighted by Gasteiger charge is -2.24. The number of aryl methyl sites for hydroxylation is 1. The second-order valence-corrected chi connectivity index (χ2v) is 4.72. The molecular formula is C13H20ClN. The lowest BCUT2D eigenvalue weighted by atomic mass is 9.93. The van der Waals surface area contributed by atoms with Gasteiger partial charge in [-0.1, -0.05) is 38.4 Å². The second kappa shape index (κ2) is 5.53. The molecule has 1 rings (SSSR count). The summed E-state index contributed by atoms with van der Waals surface area (Å²) in [6, 6.07) is 6.51. The third-order valence-electron chi connectivity index (χ3n) is 2.67. The molecule has 1 unspecified atom stereocenters. The van der Waals surface area contributed by atoms with E-state index in [0.29, 0.717) is 12.0 Å². The first-order valence-electron chi connectivity index (χ1n) is 5.55. The van der Waals surface area contributed by atoms with Gasteiger partial charge in [0.15, 0.2) is 0 Å². The summed E-state index contributed by atoms with van der Waals surface area (Å²) >= 11 is 6.04. The second-order valence-electron chi connectivity index (χ2n) is 4.28. The molecular weight excluding hydrogens is 206 g/mol. The average molecular weight is 226 g/mol. The van der Waals surface area contributed by atoms with Crippen molar-refractivity contribution in [2.45, 2.75) is 33.7 Å². The minimum atomic E-state index is 0.397. The van der Waals surface area contributed by atoms with E-state index in [1.165, 1.54) is 11.1 Å². The Kier molecular flexibility index (Phi) is 4.62. The zero-order valence-electron chi connectivity index (χ0n) is 9.97. The SMILES string of the molecule is CCNC(c1cc(Cl)ccc1C)C(C)C. The van der Waals surface area contributed by atoms with Crippen LogP contribution >= 0.6 is 11.6 Å². The molecule has 2 heteroatoms. The van der Waals surface area contributed by atoms with Crippen molar-refractivity contribution in [1.29, 1.82) is 0 Å². The third-order valence-corrected chi connectivity index (χ3v) is 2.90. The van der Waals surface area contributed by atoms with Gasteiger partial charge in [-0.2, -0.15) is 0 Å². The highest BCUT2D eigenvalue weighted by Gasteiger charge is 2.16. The summed E-state index contributed by atoms with van der Waals surface area (Å²) in [5.41, 5.74) is 2.62. The van der Waals surface area contributed by atoms with Gasteiger partial charge < -0.3 is 5.32 Å². The van der Waals surface area contributed by atoms with Crippen molar-refractivity contribution in [2.75, 3.05) is 6.54 Å². The van der Waals surface area contributed by atoms with Crippen LogP contribution in [0.2, 0.25) is 5.02 Å². The fourth-order valence-electron chi connectivity index (χ4n) is 1.87. The van der Waals surface area contributed by atoms with E-state index >= 15 is 0 Å². The van der Waals surface area contributed by atoms with Crippen molar-refractivity contribution in [1.82, 2.24) is 5.32 Å². The van der Waals surface area contributed by atoms with Gasteiger partial charge in [-0.05, 0) is 42.6 Å². The van der Waals surface area contributed by atoms with Gasteiger partial charge in [0.1, 0.15) is 0 Å². The Balaban J connectivity index is 3.04. The van der Waals surface area contributed by atoms with Crippen molar-refractivity contribution in [3.8, 4) is 0 Å². The lowest BCUT2D eigenvalue weighted by molar-refractivity contribution is 0.420. The zero-order valence-corrected chi connectivity index (χ0v) is 10.7. The summed E-state index contributed by atoms with van der Waals surface area (Å²) < 4.78 is 0. The smallest absolute Gasteiger partial charge is 0.0409 e. The first-order chi connectivity index (χ1) is 7.06. The molecule has 1 N–H and O–H groups in total. The van der Waals surface area contributed by atoms with E-state index in [-0.39, 0.29) is 0 Å². The number of benzene rings is 1. The van der Waals surface area contributed by atoms with Crippen LogP contribution in [-0.2, 0) is 0 Å². The number of halogens is 1. The van der Waals surface area contributed by atoms with Crippen molar-refractivity contribution in [3.05, 3.63) is 34.3 Å². The highest BCUT2D eigenvalue weighted by atomic mass is 35.5. The van der Waals surface area contributed by atoms with Gasteiger partial charge in [0.05, 0.1) is 0 Å². The molecule has 0 bridgehead atoms. The molecule has 15 heavy (non-hydrogen) atoms. The van der Waals surface area contributed by atoms with Crippen LogP contribution in [0.5, 0.6) is 0 Å². The van der Waals surface area contributed by atoms with E-state index in [0.717, 1.165) is 11.6 Å². The van der Waals surface area contributed by atoms with E-state index in [4.69, 9.17) is 11.6 Å². The van der Waals surface area contributed by atoms with Gasteiger partial charge in [-0.3, -0.25) is 0 Å². The number of hydrogen-bond acceptors (Lipinski definition) is 1. The van der Waals surface area contributed by atoms with E-state index in [1.807, 2.05) is 6.07 Å². The molecule has 0 heterocycles. The summed E-state index contributed by atoms with van der Waals surface area (Å²) in [6.45, 7) is 9.71. The summed E-state index contributed by atoms with van der Waals surface area (Å²) in [6.07, 6.45) is 0. The Morgan fingerprint density at radius 3 is 2.53 bits per heavy atom. The topological polar surface area (TPSA) is 12.0 Å². The Bertz CT molecular complexity index is 320. The Labute approximate surface area is 97.8 Å². The fraction of sp³-hybridized carbons (Fsp3) is 0.538.